The Hall–Kier alpha value is -0.960. The minimum Gasteiger partial charge on any atom is -0.326 e. The van der Waals surface area contributed by atoms with Crippen LogP contribution in [0, 0.1) is 0 Å². The smallest absolute Gasteiger partial charge is 0.231 e. The van der Waals surface area contributed by atoms with Gasteiger partial charge >= 0.3 is 0 Å². The molecule has 0 unspecified atom stereocenters. The van der Waals surface area contributed by atoms with Crippen LogP contribution in [0.15, 0.2) is 24.3 Å². The van der Waals surface area contributed by atoms with Gasteiger partial charge in [-0.3, -0.25) is 4.79 Å². The van der Waals surface area contributed by atoms with Gasteiger partial charge in [0.1, 0.15) is 0 Å². The van der Waals surface area contributed by atoms with Crippen LogP contribution in [-0.4, -0.2) is 28.0 Å². The van der Waals surface area contributed by atoms with E-state index in [1.54, 1.807) is 0 Å². The Morgan fingerprint density at radius 1 is 1.29 bits per heavy atom. The van der Waals surface area contributed by atoms with Gasteiger partial charge in [-0.15, -0.1) is 11.8 Å². The summed E-state index contributed by atoms with van der Waals surface area (Å²) in [6.45, 7) is 4.20. The normalized spacial score (nSPS) is 32.0. The number of amides is 1. The van der Waals surface area contributed by atoms with Gasteiger partial charge < -0.3 is 4.90 Å². The van der Waals surface area contributed by atoms with E-state index in [0.29, 0.717) is 17.3 Å². The first-order valence-electron chi connectivity index (χ1n) is 6.20. The lowest BCUT2D eigenvalue weighted by Gasteiger charge is -2.27. The fraction of sp³-hybridized carbons (Fsp3) is 0.500. The SMILES string of the molecule is C[C@@H]1C(=O)N2[C@H](C)CS[C@@H]2Cc2ccccc21. The molecule has 90 valence electrons. The van der Waals surface area contributed by atoms with Gasteiger partial charge in [0, 0.05) is 18.2 Å². The summed E-state index contributed by atoms with van der Waals surface area (Å²) in [5, 5.41) is 0.351. The molecule has 2 aliphatic heterocycles. The third-order valence-corrected chi connectivity index (χ3v) is 5.31. The average Bonchev–Trinajstić information content (AvgIpc) is 2.64. The van der Waals surface area contributed by atoms with E-state index in [4.69, 9.17) is 0 Å². The van der Waals surface area contributed by atoms with Gasteiger partial charge in [0.15, 0.2) is 0 Å². The van der Waals surface area contributed by atoms with E-state index in [-0.39, 0.29) is 5.92 Å². The molecule has 17 heavy (non-hydrogen) atoms. The molecule has 1 fully saturated rings. The monoisotopic (exact) mass is 247 g/mol. The van der Waals surface area contributed by atoms with Crippen molar-refractivity contribution in [3.05, 3.63) is 35.4 Å². The van der Waals surface area contributed by atoms with Crippen LogP contribution in [0.4, 0.5) is 0 Å². The van der Waals surface area contributed by atoms with Crippen molar-refractivity contribution in [1.29, 1.82) is 0 Å². The van der Waals surface area contributed by atoms with Gasteiger partial charge in [0.25, 0.3) is 0 Å². The predicted octanol–water partition coefficient (Wildman–Crippen LogP) is 2.64. The second-order valence-electron chi connectivity index (χ2n) is 5.01. The molecule has 0 aliphatic carbocycles. The second-order valence-corrected chi connectivity index (χ2v) is 6.22. The molecule has 3 atom stereocenters. The number of carbonyl (C=O) groups is 1. The zero-order valence-corrected chi connectivity index (χ0v) is 11.0. The molecule has 3 rings (SSSR count). The van der Waals surface area contributed by atoms with Crippen LogP contribution >= 0.6 is 11.8 Å². The Kier molecular flexibility index (Phi) is 2.66. The van der Waals surface area contributed by atoms with Crippen molar-refractivity contribution in [3.8, 4) is 0 Å². The standard InChI is InChI=1S/C14H17NOS/c1-9-8-17-13-7-11-5-3-4-6-12(11)10(2)14(16)15(9)13/h3-6,9-10,13H,7-8H2,1-2H3/t9-,10+,13-/m1/s1. The first-order chi connectivity index (χ1) is 8.18. The zero-order chi connectivity index (χ0) is 12.0. The van der Waals surface area contributed by atoms with E-state index in [2.05, 4.69) is 30.0 Å². The maximum atomic E-state index is 12.5. The summed E-state index contributed by atoms with van der Waals surface area (Å²) in [6, 6.07) is 8.78. The number of carbonyl (C=O) groups excluding carboxylic acids is 1. The Morgan fingerprint density at radius 2 is 2.06 bits per heavy atom. The van der Waals surface area contributed by atoms with Crippen molar-refractivity contribution in [1.82, 2.24) is 4.90 Å². The Balaban J connectivity index is 2.06. The quantitative estimate of drug-likeness (QED) is 0.702. The minimum absolute atomic E-state index is 0.0114. The summed E-state index contributed by atoms with van der Waals surface area (Å²) in [5.41, 5.74) is 2.57. The molecule has 0 aromatic heterocycles. The van der Waals surface area contributed by atoms with E-state index >= 15 is 0 Å². The number of thioether (sulfide) groups is 1. The van der Waals surface area contributed by atoms with Crippen LogP contribution < -0.4 is 0 Å². The molecule has 0 bridgehead atoms. The van der Waals surface area contributed by atoms with Gasteiger partial charge in [0.2, 0.25) is 5.91 Å². The molecule has 2 aliphatic rings. The van der Waals surface area contributed by atoms with Crippen molar-refractivity contribution in [3.63, 3.8) is 0 Å². The topological polar surface area (TPSA) is 20.3 Å². The molecule has 3 heteroatoms. The summed E-state index contributed by atoms with van der Waals surface area (Å²) in [4.78, 5) is 14.6. The minimum atomic E-state index is 0.0114. The lowest BCUT2D eigenvalue weighted by atomic mass is 9.95. The fourth-order valence-electron chi connectivity index (χ4n) is 2.90. The fourth-order valence-corrected chi connectivity index (χ4v) is 4.33. The lowest BCUT2D eigenvalue weighted by molar-refractivity contribution is -0.133. The maximum absolute atomic E-state index is 12.5. The third kappa shape index (κ3) is 1.68. The molecule has 0 radical (unpaired) electrons. The van der Waals surface area contributed by atoms with Crippen LogP contribution in [0.5, 0.6) is 0 Å². The summed E-state index contributed by atoms with van der Waals surface area (Å²) >= 11 is 1.92. The number of rotatable bonds is 0. The number of hydrogen-bond acceptors (Lipinski definition) is 2. The van der Waals surface area contributed by atoms with Crippen molar-refractivity contribution in [2.75, 3.05) is 5.75 Å². The number of nitrogens with zero attached hydrogens (tertiary/aromatic N) is 1. The van der Waals surface area contributed by atoms with Crippen molar-refractivity contribution in [2.24, 2.45) is 0 Å². The van der Waals surface area contributed by atoms with Crippen LogP contribution in [0.25, 0.3) is 0 Å². The first-order valence-corrected chi connectivity index (χ1v) is 7.25. The predicted molar refractivity (Wildman–Crippen MR) is 71.1 cm³/mol. The molecule has 2 nitrogen and oxygen atoms in total. The Bertz CT molecular complexity index is 459. The summed E-state index contributed by atoms with van der Waals surface area (Å²) in [7, 11) is 0. The van der Waals surface area contributed by atoms with Gasteiger partial charge in [-0.05, 0) is 25.0 Å². The zero-order valence-electron chi connectivity index (χ0n) is 10.2. The Morgan fingerprint density at radius 3 is 2.88 bits per heavy atom. The molecule has 1 saturated heterocycles. The van der Waals surface area contributed by atoms with Crippen LogP contribution in [0.2, 0.25) is 0 Å². The van der Waals surface area contributed by atoms with Crippen molar-refractivity contribution in [2.45, 2.75) is 37.6 Å². The van der Waals surface area contributed by atoms with Crippen molar-refractivity contribution < 1.29 is 4.79 Å². The highest BCUT2D eigenvalue weighted by atomic mass is 32.2. The molecule has 0 N–H and O–H groups in total. The maximum Gasteiger partial charge on any atom is 0.231 e. The van der Waals surface area contributed by atoms with Crippen molar-refractivity contribution >= 4 is 17.7 Å². The van der Waals surface area contributed by atoms with E-state index in [0.717, 1.165) is 12.2 Å². The van der Waals surface area contributed by atoms with Gasteiger partial charge in [-0.2, -0.15) is 0 Å². The summed E-state index contributed by atoms with van der Waals surface area (Å²) < 4.78 is 0. The number of benzene rings is 1. The van der Waals surface area contributed by atoms with Gasteiger partial charge in [-0.1, -0.05) is 24.3 Å². The Labute approximate surface area is 106 Å². The second kappa shape index (κ2) is 4.05. The van der Waals surface area contributed by atoms with E-state index in [1.165, 1.54) is 11.1 Å². The molecule has 2 heterocycles. The summed E-state index contributed by atoms with van der Waals surface area (Å²) in [5.74, 6) is 1.39. The van der Waals surface area contributed by atoms with Crippen LogP contribution in [0.1, 0.15) is 30.9 Å². The molecule has 1 amide bonds. The largest absolute Gasteiger partial charge is 0.326 e. The number of fused-ring (bicyclic) bond motifs is 2. The molecule has 0 spiro atoms. The molecule has 0 saturated carbocycles. The first kappa shape index (κ1) is 11.1. The van der Waals surface area contributed by atoms with Crippen LogP contribution in [-0.2, 0) is 11.2 Å². The molecule has 1 aromatic carbocycles. The summed E-state index contributed by atoms with van der Waals surface area (Å²) in [6.07, 6.45) is 1.00. The lowest BCUT2D eigenvalue weighted by Crippen LogP contribution is -2.41. The average molecular weight is 247 g/mol. The van der Waals surface area contributed by atoms with Crippen LogP contribution in [0.3, 0.4) is 0 Å². The van der Waals surface area contributed by atoms with Gasteiger partial charge in [-0.25, -0.2) is 0 Å². The highest BCUT2D eigenvalue weighted by molar-refractivity contribution is 8.00. The molecular weight excluding hydrogens is 230 g/mol. The van der Waals surface area contributed by atoms with E-state index in [1.807, 2.05) is 24.8 Å². The number of hydrogen-bond donors (Lipinski definition) is 0. The molecular formula is C14H17NOS. The van der Waals surface area contributed by atoms with E-state index < -0.39 is 0 Å². The third-order valence-electron chi connectivity index (χ3n) is 3.86. The highest BCUT2D eigenvalue weighted by Gasteiger charge is 2.40. The highest BCUT2D eigenvalue weighted by Crippen LogP contribution is 2.38. The van der Waals surface area contributed by atoms with E-state index in [9.17, 15) is 4.79 Å². The van der Waals surface area contributed by atoms with Gasteiger partial charge in [0.05, 0.1) is 11.3 Å². The molecule has 1 aromatic rings.